The van der Waals surface area contributed by atoms with Crippen LogP contribution in [0, 0.1) is 0 Å². The fourth-order valence-corrected chi connectivity index (χ4v) is 3.91. The molecule has 1 unspecified atom stereocenters. The second-order valence-electron chi connectivity index (χ2n) is 5.01. The van der Waals surface area contributed by atoms with E-state index in [0.717, 1.165) is 25.9 Å². The minimum atomic E-state index is -3.35. The molecule has 1 aromatic carbocycles. The summed E-state index contributed by atoms with van der Waals surface area (Å²) in [5.74, 6) is 0.412. The Morgan fingerprint density at radius 3 is 2.90 bits per heavy atom. The molecule has 0 bridgehead atoms. The fraction of sp³-hybridized carbons (Fsp3) is 0.571. The molecule has 0 aliphatic carbocycles. The van der Waals surface area contributed by atoms with Crippen molar-refractivity contribution in [2.45, 2.75) is 36.7 Å². The van der Waals surface area contributed by atoms with Crippen LogP contribution in [0.1, 0.15) is 25.7 Å². The second kappa shape index (κ2) is 6.45. The van der Waals surface area contributed by atoms with Crippen molar-refractivity contribution in [3.05, 3.63) is 18.2 Å². The van der Waals surface area contributed by atoms with Gasteiger partial charge in [-0.05, 0) is 37.8 Å². The number of hydrogen-bond donors (Lipinski definition) is 1. The molecule has 0 radical (unpaired) electrons. The van der Waals surface area contributed by atoms with Crippen molar-refractivity contribution < 1.29 is 17.9 Å². The molecule has 0 saturated carbocycles. The van der Waals surface area contributed by atoms with E-state index in [-0.39, 0.29) is 16.8 Å². The topological polar surface area (TPSA) is 78.6 Å². The molecule has 1 atom stereocenters. The summed E-state index contributed by atoms with van der Waals surface area (Å²) in [6.07, 6.45) is 3.71. The first-order chi connectivity index (χ1) is 9.53. The van der Waals surface area contributed by atoms with Crippen LogP contribution >= 0.6 is 0 Å². The summed E-state index contributed by atoms with van der Waals surface area (Å²) in [6, 6.07) is 4.62. The smallest absolute Gasteiger partial charge is 0.182 e. The lowest BCUT2D eigenvalue weighted by Crippen LogP contribution is -2.12. The highest BCUT2D eigenvalue weighted by Crippen LogP contribution is 2.28. The van der Waals surface area contributed by atoms with Crippen molar-refractivity contribution in [2.24, 2.45) is 0 Å². The third-order valence-electron chi connectivity index (χ3n) is 3.49. The van der Waals surface area contributed by atoms with Crippen LogP contribution in [0.2, 0.25) is 0 Å². The maximum Gasteiger partial charge on any atom is 0.182 e. The standard InChI is InChI=1S/C14H21NO4S/c1-18-13-10-11(15)6-7-14(13)20(16,17)9-3-5-12-4-2-8-19-12/h6-7,10,12H,2-5,8-9,15H2,1H3. The third-order valence-corrected chi connectivity index (χ3v) is 5.32. The normalized spacial score (nSPS) is 19.1. The van der Waals surface area contributed by atoms with Gasteiger partial charge in [-0.1, -0.05) is 0 Å². The molecular formula is C14H21NO4S. The molecule has 1 heterocycles. The van der Waals surface area contributed by atoms with E-state index >= 15 is 0 Å². The van der Waals surface area contributed by atoms with E-state index in [0.29, 0.717) is 17.9 Å². The molecule has 1 saturated heterocycles. The zero-order valence-corrected chi connectivity index (χ0v) is 12.5. The minimum absolute atomic E-state index is 0.104. The molecule has 2 rings (SSSR count). The average Bonchev–Trinajstić information content (AvgIpc) is 2.91. The number of rotatable bonds is 6. The highest BCUT2D eigenvalue weighted by molar-refractivity contribution is 7.91. The highest BCUT2D eigenvalue weighted by atomic mass is 32.2. The van der Waals surface area contributed by atoms with Gasteiger partial charge in [-0.15, -0.1) is 0 Å². The van der Waals surface area contributed by atoms with Crippen LogP contribution in [0.4, 0.5) is 5.69 Å². The lowest BCUT2D eigenvalue weighted by Gasteiger charge is -2.12. The van der Waals surface area contributed by atoms with Gasteiger partial charge < -0.3 is 15.2 Å². The van der Waals surface area contributed by atoms with Crippen LogP contribution in [0.3, 0.4) is 0 Å². The van der Waals surface area contributed by atoms with Gasteiger partial charge in [-0.3, -0.25) is 0 Å². The van der Waals surface area contributed by atoms with Crippen molar-refractivity contribution in [1.29, 1.82) is 0 Å². The Labute approximate surface area is 120 Å². The minimum Gasteiger partial charge on any atom is -0.495 e. The summed E-state index contributed by atoms with van der Waals surface area (Å²) in [4.78, 5) is 0.210. The summed E-state index contributed by atoms with van der Waals surface area (Å²) in [5, 5.41) is 0. The molecule has 1 fully saturated rings. The Bertz CT molecular complexity index is 550. The molecule has 5 nitrogen and oxygen atoms in total. The van der Waals surface area contributed by atoms with Gasteiger partial charge in [0.05, 0.1) is 19.0 Å². The lowest BCUT2D eigenvalue weighted by atomic mass is 10.1. The highest BCUT2D eigenvalue weighted by Gasteiger charge is 2.21. The van der Waals surface area contributed by atoms with E-state index in [1.165, 1.54) is 19.2 Å². The van der Waals surface area contributed by atoms with E-state index in [4.69, 9.17) is 15.2 Å². The van der Waals surface area contributed by atoms with Crippen molar-refractivity contribution in [3.63, 3.8) is 0 Å². The molecule has 1 aliphatic rings. The summed E-state index contributed by atoms with van der Waals surface area (Å²) >= 11 is 0. The predicted molar refractivity (Wildman–Crippen MR) is 77.7 cm³/mol. The maximum atomic E-state index is 12.3. The zero-order chi connectivity index (χ0) is 14.6. The van der Waals surface area contributed by atoms with Crippen LogP contribution in [-0.4, -0.2) is 34.0 Å². The summed E-state index contributed by atoms with van der Waals surface area (Å²) < 4.78 is 35.3. The molecule has 112 valence electrons. The van der Waals surface area contributed by atoms with Crippen LogP contribution in [0.5, 0.6) is 5.75 Å². The quantitative estimate of drug-likeness (QED) is 0.813. The van der Waals surface area contributed by atoms with Crippen molar-refractivity contribution in [1.82, 2.24) is 0 Å². The molecule has 20 heavy (non-hydrogen) atoms. The van der Waals surface area contributed by atoms with Crippen LogP contribution < -0.4 is 10.5 Å². The monoisotopic (exact) mass is 299 g/mol. The van der Waals surface area contributed by atoms with Gasteiger partial charge in [-0.2, -0.15) is 0 Å². The van der Waals surface area contributed by atoms with E-state index in [2.05, 4.69) is 0 Å². The van der Waals surface area contributed by atoms with Gasteiger partial charge in [-0.25, -0.2) is 8.42 Å². The predicted octanol–water partition coefficient (Wildman–Crippen LogP) is 2.01. The Morgan fingerprint density at radius 2 is 2.25 bits per heavy atom. The Kier molecular flexibility index (Phi) is 4.88. The molecular weight excluding hydrogens is 278 g/mol. The zero-order valence-electron chi connectivity index (χ0n) is 11.7. The summed E-state index contributed by atoms with van der Waals surface area (Å²) in [5.41, 5.74) is 6.12. The van der Waals surface area contributed by atoms with E-state index in [1.807, 2.05) is 0 Å². The van der Waals surface area contributed by atoms with E-state index in [9.17, 15) is 8.42 Å². The SMILES string of the molecule is COc1cc(N)ccc1S(=O)(=O)CCCC1CCCO1. The summed E-state index contributed by atoms with van der Waals surface area (Å²) in [7, 11) is -1.90. The number of sulfone groups is 1. The van der Waals surface area contributed by atoms with Crippen LogP contribution in [0.15, 0.2) is 23.1 Å². The van der Waals surface area contributed by atoms with Crippen LogP contribution in [-0.2, 0) is 14.6 Å². The molecule has 0 amide bonds. The van der Waals surface area contributed by atoms with Gasteiger partial charge in [0.15, 0.2) is 9.84 Å². The van der Waals surface area contributed by atoms with Crippen LogP contribution in [0.25, 0.3) is 0 Å². The van der Waals surface area contributed by atoms with Gasteiger partial charge in [0.2, 0.25) is 0 Å². The molecule has 1 aromatic rings. The van der Waals surface area contributed by atoms with E-state index < -0.39 is 9.84 Å². The third kappa shape index (κ3) is 3.64. The first kappa shape index (κ1) is 15.1. The Morgan fingerprint density at radius 1 is 1.45 bits per heavy atom. The average molecular weight is 299 g/mol. The lowest BCUT2D eigenvalue weighted by molar-refractivity contribution is 0.104. The van der Waals surface area contributed by atoms with Crippen molar-refractivity contribution >= 4 is 15.5 Å². The number of nitrogen functional groups attached to an aromatic ring is 1. The first-order valence-corrected chi connectivity index (χ1v) is 8.46. The van der Waals surface area contributed by atoms with Gasteiger partial charge in [0, 0.05) is 18.4 Å². The number of methoxy groups -OCH3 is 1. The second-order valence-corrected chi connectivity index (χ2v) is 7.08. The van der Waals surface area contributed by atoms with Gasteiger partial charge >= 0.3 is 0 Å². The molecule has 0 aromatic heterocycles. The fourth-order valence-electron chi connectivity index (χ4n) is 2.42. The number of ether oxygens (including phenoxy) is 2. The molecule has 6 heteroatoms. The molecule has 2 N–H and O–H groups in total. The molecule has 0 spiro atoms. The number of nitrogens with two attached hydrogens (primary N) is 1. The Balaban J connectivity index is 2.02. The van der Waals surface area contributed by atoms with Crippen molar-refractivity contribution in [2.75, 3.05) is 25.2 Å². The number of benzene rings is 1. The van der Waals surface area contributed by atoms with E-state index in [1.54, 1.807) is 6.07 Å². The summed E-state index contributed by atoms with van der Waals surface area (Å²) in [6.45, 7) is 0.795. The largest absolute Gasteiger partial charge is 0.495 e. The number of hydrogen-bond acceptors (Lipinski definition) is 5. The van der Waals surface area contributed by atoms with Crippen molar-refractivity contribution in [3.8, 4) is 5.75 Å². The number of anilines is 1. The Hall–Kier alpha value is -1.27. The van der Waals surface area contributed by atoms with Gasteiger partial charge in [0.25, 0.3) is 0 Å². The molecule has 1 aliphatic heterocycles. The van der Waals surface area contributed by atoms with Gasteiger partial charge in [0.1, 0.15) is 10.6 Å². The first-order valence-electron chi connectivity index (χ1n) is 6.81. The maximum absolute atomic E-state index is 12.3.